The average molecular weight is 386 g/mol. The first kappa shape index (κ1) is 19.9. The van der Waals surface area contributed by atoms with Gasteiger partial charge >= 0.3 is 5.97 Å². The molecule has 1 fully saturated rings. The van der Waals surface area contributed by atoms with Crippen LogP contribution in [0.25, 0.3) is 0 Å². The molecular formula is C22H26O6. The molecule has 3 rings (SSSR count). The summed E-state index contributed by atoms with van der Waals surface area (Å²) in [6.07, 6.45) is 1.18. The zero-order valence-electron chi connectivity index (χ0n) is 16.7. The molecule has 150 valence electrons. The summed E-state index contributed by atoms with van der Waals surface area (Å²) in [6.45, 7) is 2.43. The molecule has 0 spiro atoms. The Kier molecular flexibility index (Phi) is 5.68. The number of cyclic esters (lactones) is 1. The molecule has 2 aromatic rings. The van der Waals surface area contributed by atoms with E-state index in [9.17, 15) is 9.90 Å². The van der Waals surface area contributed by atoms with E-state index in [0.29, 0.717) is 36.7 Å². The summed E-state index contributed by atoms with van der Waals surface area (Å²) in [5.74, 6) is 1.31. The summed E-state index contributed by atoms with van der Waals surface area (Å²) in [5.41, 5.74) is 1.60. The minimum Gasteiger partial charge on any atom is -0.504 e. The van der Waals surface area contributed by atoms with E-state index in [-0.39, 0.29) is 23.1 Å². The zero-order valence-corrected chi connectivity index (χ0v) is 16.7. The maximum absolute atomic E-state index is 12.5. The first-order valence-corrected chi connectivity index (χ1v) is 9.13. The molecule has 1 aliphatic rings. The number of carbonyl (C=O) groups excluding carboxylic acids is 1. The van der Waals surface area contributed by atoms with Crippen LogP contribution in [0.4, 0.5) is 0 Å². The van der Waals surface area contributed by atoms with E-state index in [1.54, 1.807) is 32.4 Å². The van der Waals surface area contributed by atoms with E-state index in [2.05, 4.69) is 6.92 Å². The average Bonchev–Trinajstić information content (AvgIpc) is 2.97. The van der Waals surface area contributed by atoms with Crippen molar-refractivity contribution in [1.29, 1.82) is 0 Å². The number of methoxy groups -OCH3 is 3. The fraction of sp³-hybridized carbons (Fsp3) is 0.409. The molecule has 0 radical (unpaired) electrons. The van der Waals surface area contributed by atoms with Gasteiger partial charge in [0.05, 0.1) is 33.9 Å². The van der Waals surface area contributed by atoms with Gasteiger partial charge in [-0.1, -0.05) is 19.1 Å². The van der Waals surface area contributed by atoms with Crippen LogP contribution in [0.15, 0.2) is 36.4 Å². The molecule has 6 heteroatoms. The van der Waals surface area contributed by atoms with Gasteiger partial charge in [-0.05, 0) is 48.2 Å². The third-order valence-corrected chi connectivity index (χ3v) is 5.41. The Hall–Kier alpha value is -2.89. The van der Waals surface area contributed by atoms with Gasteiger partial charge in [0.1, 0.15) is 0 Å². The molecular weight excluding hydrogens is 360 g/mol. The Morgan fingerprint density at radius 2 is 1.64 bits per heavy atom. The summed E-state index contributed by atoms with van der Waals surface area (Å²) in [5, 5.41) is 9.80. The number of hydrogen-bond donors (Lipinski definition) is 1. The highest BCUT2D eigenvalue weighted by Crippen LogP contribution is 2.42. The molecule has 2 aromatic carbocycles. The van der Waals surface area contributed by atoms with Crippen LogP contribution in [0.1, 0.15) is 18.1 Å². The molecule has 28 heavy (non-hydrogen) atoms. The molecule has 1 saturated heterocycles. The van der Waals surface area contributed by atoms with Crippen LogP contribution in [0.3, 0.4) is 0 Å². The second-order valence-corrected chi connectivity index (χ2v) is 7.39. The Morgan fingerprint density at radius 3 is 2.32 bits per heavy atom. The fourth-order valence-electron chi connectivity index (χ4n) is 3.77. The van der Waals surface area contributed by atoms with Crippen molar-refractivity contribution in [2.45, 2.75) is 19.8 Å². The number of rotatable bonds is 7. The smallest absolute Gasteiger partial charge is 0.309 e. The minimum absolute atomic E-state index is 0.0772. The van der Waals surface area contributed by atoms with Gasteiger partial charge in [0.25, 0.3) is 0 Å². The normalized spacial score (nSPS) is 21.3. The third-order valence-electron chi connectivity index (χ3n) is 5.41. The van der Waals surface area contributed by atoms with Crippen molar-refractivity contribution in [3.63, 3.8) is 0 Å². The standard InChI is InChI=1S/C22H26O6/c1-22(12-15-6-8-18(25-2)20(11-15)27-4)13-28-21(24)16(22)9-14-5-7-17(23)19(10-14)26-3/h5-8,10-11,16,23H,9,12-13H2,1-4H3/t16-,22-/m0/s1. The predicted molar refractivity (Wildman–Crippen MR) is 104 cm³/mol. The maximum atomic E-state index is 12.5. The van der Waals surface area contributed by atoms with Crippen LogP contribution < -0.4 is 14.2 Å². The van der Waals surface area contributed by atoms with E-state index in [1.165, 1.54) is 7.11 Å². The largest absolute Gasteiger partial charge is 0.504 e. The van der Waals surface area contributed by atoms with Gasteiger partial charge in [0, 0.05) is 5.41 Å². The van der Waals surface area contributed by atoms with Crippen LogP contribution in [-0.4, -0.2) is 39.0 Å². The molecule has 6 nitrogen and oxygen atoms in total. The van der Waals surface area contributed by atoms with Crippen molar-refractivity contribution < 1.29 is 28.8 Å². The highest BCUT2D eigenvalue weighted by atomic mass is 16.5. The van der Waals surface area contributed by atoms with Crippen molar-refractivity contribution in [2.24, 2.45) is 11.3 Å². The van der Waals surface area contributed by atoms with Crippen LogP contribution in [0, 0.1) is 11.3 Å². The topological polar surface area (TPSA) is 74.2 Å². The van der Waals surface area contributed by atoms with Crippen molar-refractivity contribution in [1.82, 2.24) is 0 Å². The highest BCUT2D eigenvalue weighted by molar-refractivity contribution is 5.76. The Morgan fingerprint density at radius 1 is 1.00 bits per heavy atom. The van der Waals surface area contributed by atoms with E-state index in [1.807, 2.05) is 18.2 Å². The van der Waals surface area contributed by atoms with Crippen LogP contribution in [0.5, 0.6) is 23.0 Å². The molecule has 1 heterocycles. The SMILES string of the molecule is COc1cc(C[C@H]2C(=O)OC[C@]2(C)Cc2ccc(OC)c(OC)c2)ccc1O. The molecule has 2 atom stereocenters. The number of ether oxygens (including phenoxy) is 4. The maximum Gasteiger partial charge on any atom is 0.309 e. The van der Waals surface area contributed by atoms with E-state index < -0.39 is 0 Å². The zero-order chi connectivity index (χ0) is 20.3. The lowest BCUT2D eigenvalue weighted by atomic mass is 9.72. The lowest BCUT2D eigenvalue weighted by Crippen LogP contribution is -2.31. The highest BCUT2D eigenvalue weighted by Gasteiger charge is 2.46. The van der Waals surface area contributed by atoms with Gasteiger partial charge in [-0.2, -0.15) is 0 Å². The Labute approximate surface area is 165 Å². The van der Waals surface area contributed by atoms with E-state index in [0.717, 1.165) is 11.1 Å². The van der Waals surface area contributed by atoms with Gasteiger partial charge in [-0.3, -0.25) is 4.79 Å². The fourth-order valence-corrected chi connectivity index (χ4v) is 3.77. The second kappa shape index (κ2) is 8.00. The first-order chi connectivity index (χ1) is 13.4. The van der Waals surface area contributed by atoms with Crippen LogP contribution in [-0.2, 0) is 22.4 Å². The lowest BCUT2D eigenvalue weighted by Gasteiger charge is -2.28. The monoisotopic (exact) mass is 386 g/mol. The first-order valence-electron chi connectivity index (χ1n) is 9.13. The summed E-state index contributed by atoms with van der Waals surface area (Å²) >= 11 is 0. The molecule has 0 aliphatic carbocycles. The Bertz CT molecular complexity index is 862. The number of benzene rings is 2. The number of phenols is 1. The molecule has 0 unspecified atom stereocenters. The number of hydrogen-bond acceptors (Lipinski definition) is 6. The number of esters is 1. The van der Waals surface area contributed by atoms with Gasteiger partial charge in [0.15, 0.2) is 23.0 Å². The summed E-state index contributed by atoms with van der Waals surface area (Å²) in [6, 6.07) is 10.9. The molecule has 1 N–H and O–H groups in total. The third kappa shape index (κ3) is 3.86. The number of aromatic hydroxyl groups is 1. The Balaban J connectivity index is 1.84. The summed E-state index contributed by atoms with van der Waals surface area (Å²) in [7, 11) is 4.71. The molecule has 0 saturated carbocycles. The predicted octanol–water partition coefficient (Wildman–Crippen LogP) is 3.38. The van der Waals surface area contributed by atoms with E-state index in [4.69, 9.17) is 18.9 Å². The van der Waals surface area contributed by atoms with E-state index >= 15 is 0 Å². The molecule has 0 aromatic heterocycles. The van der Waals surface area contributed by atoms with Crippen molar-refractivity contribution in [2.75, 3.05) is 27.9 Å². The molecule has 0 amide bonds. The van der Waals surface area contributed by atoms with Crippen molar-refractivity contribution >= 4 is 5.97 Å². The number of carbonyl (C=O) groups is 1. The second-order valence-electron chi connectivity index (χ2n) is 7.39. The van der Waals surface area contributed by atoms with Gasteiger partial charge < -0.3 is 24.1 Å². The van der Waals surface area contributed by atoms with Crippen LogP contribution >= 0.6 is 0 Å². The number of phenolic OH excluding ortho intramolecular Hbond substituents is 1. The van der Waals surface area contributed by atoms with Gasteiger partial charge in [-0.15, -0.1) is 0 Å². The molecule has 0 bridgehead atoms. The van der Waals surface area contributed by atoms with Gasteiger partial charge in [-0.25, -0.2) is 0 Å². The lowest BCUT2D eigenvalue weighted by molar-refractivity contribution is -0.141. The van der Waals surface area contributed by atoms with Crippen molar-refractivity contribution in [3.05, 3.63) is 47.5 Å². The van der Waals surface area contributed by atoms with Crippen LogP contribution in [0.2, 0.25) is 0 Å². The molecule has 1 aliphatic heterocycles. The summed E-state index contributed by atoms with van der Waals surface area (Å²) < 4.78 is 21.3. The van der Waals surface area contributed by atoms with Gasteiger partial charge in [0.2, 0.25) is 0 Å². The summed E-state index contributed by atoms with van der Waals surface area (Å²) in [4.78, 5) is 12.5. The van der Waals surface area contributed by atoms with Crippen molar-refractivity contribution in [3.8, 4) is 23.0 Å². The quantitative estimate of drug-likeness (QED) is 0.736. The minimum atomic E-state index is -0.359.